The molecule has 0 aliphatic heterocycles. The number of nitrogens with two attached hydrogens (primary N) is 2. The van der Waals surface area contributed by atoms with Gasteiger partial charge < -0.3 is 42.1 Å². The van der Waals surface area contributed by atoms with Crippen molar-refractivity contribution in [2.75, 3.05) is 24.3 Å². The third-order valence-electron chi connectivity index (χ3n) is 8.07. The molecule has 2 aromatic carbocycles. The maximum Gasteiger partial charge on any atom is 0.255 e. The summed E-state index contributed by atoms with van der Waals surface area (Å²) >= 11 is 0. The highest BCUT2D eigenvalue weighted by atomic mass is 16.3. The van der Waals surface area contributed by atoms with Crippen molar-refractivity contribution in [1.82, 2.24) is 0 Å². The minimum atomic E-state index is -2.63. The average molecular weight is 562 g/mol. The highest BCUT2D eigenvalue weighted by Crippen LogP contribution is 2.54. The zero-order chi connectivity index (χ0) is 30.0. The summed E-state index contributed by atoms with van der Waals surface area (Å²) in [6.07, 6.45) is -0.158. The summed E-state index contributed by atoms with van der Waals surface area (Å²) in [4.78, 5) is 44.2. The maximum absolute atomic E-state index is 13.8. The lowest BCUT2D eigenvalue weighted by Crippen LogP contribution is -2.58. The van der Waals surface area contributed by atoms with Crippen molar-refractivity contribution >= 4 is 46.3 Å². The molecule has 3 aliphatic carbocycles. The number of nitrogens with one attached hydrogen (secondary N) is 1. The number of fused-ring (bicyclic) bond motifs is 3. The number of primary amides is 1. The summed E-state index contributed by atoms with van der Waals surface area (Å²) in [5.74, 6) is -6.98. The van der Waals surface area contributed by atoms with Gasteiger partial charge in [-0.2, -0.15) is 0 Å². The molecule has 0 spiro atoms. The summed E-state index contributed by atoms with van der Waals surface area (Å²) in [7, 11) is 3.53. The Kier molecular flexibility index (Phi) is 6.53. The Balaban J connectivity index is 1.64. The minimum absolute atomic E-state index is 0.0111. The highest BCUT2D eigenvalue weighted by Gasteiger charge is 2.60. The standard InChI is InChI=1S/C29H31N5O7/c1-12-4-6-15(7-5-12)32-28(31)33-17-11-18(34(2)3)16-9-13-8-14-10-19(35)22(27(30)40)26(39)29(14,41)25(38)20(13)24(37)21(16)23(17)36/h4-7,11,13-14,36-37,39,41H,8-10H2,1-3H3,(H2,30,40)(H3,31,32,33). The fourth-order valence-electron chi connectivity index (χ4n) is 6.08. The molecule has 0 bridgehead atoms. The van der Waals surface area contributed by atoms with Gasteiger partial charge >= 0.3 is 0 Å². The van der Waals surface area contributed by atoms with Crippen LogP contribution in [0.5, 0.6) is 5.75 Å². The molecule has 0 radical (unpaired) electrons. The number of nitrogens with zero attached hydrogens (tertiary/aromatic N) is 2. The van der Waals surface area contributed by atoms with Crippen molar-refractivity contribution in [3.8, 4) is 5.75 Å². The number of phenols is 1. The van der Waals surface area contributed by atoms with Gasteiger partial charge in [0.15, 0.2) is 23.1 Å². The second kappa shape index (κ2) is 9.66. The van der Waals surface area contributed by atoms with E-state index in [2.05, 4.69) is 10.3 Å². The second-order valence-electron chi connectivity index (χ2n) is 10.9. The molecule has 9 N–H and O–H groups in total. The summed E-state index contributed by atoms with van der Waals surface area (Å²) < 4.78 is 0. The molecule has 3 unspecified atom stereocenters. The Labute approximate surface area is 235 Å². The van der Waals surface area contributed by atoms with Crippen LogP contribution in [0.2, 0.25) is 0 Å². The number of aliphatic imine (C=N–C) groups is 1. The molecule has 1 amide bonds. The van der Waals surface area contributed by atoms with Crippen LogP contribution >= 0.6 is 0 Å². The van der Waals surface area contributed by atoms with Crippen LogP contribution in [0.1, 0.15) is 29.5 Å². The van der Waals surface area contributed by atoms with Gasteiger partial charge in [-0.15, -0.1) is 0 Å². The van der Waals surface area contributed by atoms with Crippen molar-refractivity contribution < 1.29 is 34.8 Å². The van der Waals surface area contributed by atoms with Gasteiger partial charge in [-0.3, -0.25) is 14.4 Å². The summed E-state index contributed by atoms with van der Waals surface area (Å²) in [6, 6.07) is 9.00. The molecular weight excluding hydrogens is 530 g/mol. The van der Waals surface area contributed by atoms with E-state index < -0.39 is 57.8 Å². The quantitative estimate of drug-likeness (QED) is 0.163. The van der Waals surface area contributed by atoms with E-state index in [0.29, 0.717) is 16.9 Å². The summed E-state index contributed by atoms with van der Waals surface area (Å²) in [5.41, 5.74) is 10.5. The molecule has 214 valence electrons. The Hall–Kier alpha value is -4.84. The molecule has 0 aromatic heterocycles. The number of aromatic hydroxyl groups is 1. The predicted octanol–water partition coefficient (Wildman–Crippen LogP) is 1.86. The lowest BCUT2D eigenvalue weighted by Gasteiger charge is -2.46. The SMILES string of the molecule is Cc1ccc(NC(N)=Nc2cc(N(C)C)c3c(c2O)C(O)=C2C(=O)C4(O)C(O)=C(C(N)=O)C(=O)CC4CC2C3)cc1. The summed E-state index contributed by atoms with van der Waals surface area (Å²) in [6.45, 7) is 1.94. The number of hydrogen-bond donors (Lipinski definition) is 7. The van der Waals surface area contributed by atoms with E-state index in [1.807, 2.05) is 31.2 Å². The smallest absolute Gasteiger partial charge is 0.255 e. The number of ketones is 2. The van der Waals surface area contributed by atoms with Gasteiger partial charge in [-0.25, -0.2) is 4.99 Å². The summed E-state index contributed by atoms with van der Waals surface area (Å²) in [5, 5.41) is 47.9. The fourth-order valence-corrected chi connectivity index (χ4v) is 6.08. The predicted molar refractivity (Wildman–Crippen MR) is 152 cm³/mol. The van der Waals surface area contributed by atoms with Gasteiger partial charge in [0.1, 0.15) is 22.8 Å². The van der Waals surface area contributed by atoms with Crippen LogP contribution in [0, 0.1) is 18.8 Å². The van der Waals surface area contributed by atoms with Crippen LogP contribution < -0.4 is 21.7 Å². The molecule has 12 nitrogen and oxygen atoms in total. The number of phenolic OH excluding ortho intramolecular Hbond substituents is 1. The number of Topliss-reactive ketones (excluding diaryl/α,β-unsaturated/α-hetero) is 2. The fraction of sp³-hybridized carbons (Fsp3) is 0.310. The molecule has 3 aliphatic rings. The minimum Gasteiger partial charge on any atom is -0.508 e. The lowest BCUT2D eigenvalue weighted by molar-refractivity contribution is -0.147. The third kappa shape index (κ3) is 4.27. The number of anilines is 2. The number of hydrogen-bond acceptors (Lipinski definition) is 9. The number of aryl methyl sites for hydroxylation is 1. The van der Waals surface area contributed by atoms with E-state index >= 15 is 0 Å². The number of guanidine groups is 1. The van der Waals surface area contributed by atoms with E-state index in [4.69, 9.17) is 11.5 Å². The molecule has 1 fully saturated rings. The van der Waals surface area contributed by atoms with Crippen molar-refractivity contribution in [3.05, 3.63) is 63.9 Å². The van der Waals surface area contributed by atoms with Gasteiger partial charge in [0.2, 0.25) is 5.78 Å². The van der Waals surface area contributed by atoms with Crippen LogP contribution in [-0.4, -0.2) is 63.6 Å². The van der Waals surface area contributed by atoms with Crippen molar-refractivity contribution in [3.63, 3.8) is 0 Å². The first kappa shape index (κ1) is 27.7. The van der Waals surface area contributed by atoms with Crippen LogP contribution in [0.25, 0.3) is 5.76 Å². The van der Waals surface area contributed by atoms with Gasteiger partial charge in [0, 0.05) is 43.4 Å². The number of aliphatic hydroxyl groups excluding tert-OH is 2. The maximum atomic E-state index is 13.8. The Morgan fingerprint density at radius 1 is 1.10 bits per heavy atom. The Morgan fingerprint density at radius 3 is 2.37 bits per heavy atom. The van der Waals surface area contributed by atoms with Crippen LogP contribution in [0.3, 0.4) is 0 Å². The third-order valence-corrected chi connectivity index (χ3v) is 8.07. The van der Waals surface area contributed by atoms with Crippen molar-refractivity contribution in [2.45, 2.75) is 31.8 Å². The lowest BCUT2D eigenvalue weighted by atomic mass is 9.59. The molecule has 1 saturated carbocycles. The monoisotopic (exact) mass is 561 g/mol. The first-order valence-corrected chi connectivity index (χ1v) is 13.0. The largest absolute Gasteiger partial charge is 0.508 e. The van der Waals surface area contributed by atoms with Gasteiger partial charge in [0.05, 0.1) is 5.56 Å². The van der Waals surface area contributed by atoms with Crippen molar-refractivity contribution in [1.29, 1.82) is 0 Å². The van der Waals surface area contributed by atoms with Gasteiger partial charge in [-0.1, -0.05) is 17.7 Å². The van der Waals surface area contributed by atoms with E-state index in [-0.39, 0.29) is 42.0 Å². The van der Waals surface area contributed by atoms with Crippen LogP contribution in [-0.2, 0) is 20.8 Å². The molecule has 2 aromatic rings. The molecule has 41 heavy (non-hydrogen) atoms. The first-order valence-electron chi connectivity index (χ1n) is 13.0. The van der Waals surface area contributed by atoms with Gasteiger partial charge in [-0.05, 0) is 49.4 Å². The molecule has 3 atom stereocenters. The zero-order valence-electron chi connectivity index (χ0n) is 22.7. The van der Waals surface area contributed by atoms with Gasteiger partial charge in [0.25, 0.3) is 5.91 Å². The van der Waals surface area contributed by atoms with Crippen LogP contribution in [0.4, 0.5) is 17.1 Å². The first-order chi connectivity index (χ1) is 19.2. The number of rotatable bonds is 4. The second-order valence-corrected chi connectivity index (χ2v) is 10.9. The topological polar surface area (TPSA) is 212 Å². The molecule has 5 rings (SSSR count). The number of carbonyl (C=O) groups excluding carboxylic acids is 3. The van der Waals surface area contributed by atoms with E-state index in [9.17, 15) is 34.8 Å². The number of amides is 1. The molecule has 0 saturated heterocycles. The van der Waals surface area contributed by atoms with E-state index in [1.54, 1.807) is 25.1 Å². The highest BCUT2D eigenvalue weighted by molar-refractivity contribution is 6.22. The molecular formula is C29H31N5O7. The number of aliphatic hydroxyl groups is 3. The average Bonchev–Trinajstić information content (AvgIpc) is 2.88. The number of carbonyl (C=O) groups is 3. The molecule has 12 heteroatoms. The Morgan fingerprint density at radius 2 is 1.76 bits per heavy atom. The van der Waals surface area contributed by atoms with E-state index in [0.717, 1.165) is 5.56 Å². The molecule has 0 heterocycles. The normalized spacial score (nSPS) is 24.0. The van der Waals surface area contributed by atoms with E-state index in [1.165, 1.54) is 0 Å². The van der Waals surface area contributed by atoms with Crippen LogP contribution in [0.15, 0.2) is 52.2 Å². The number of benzene rings is 2. The Bertz CT molecular complexity index is 1610. The zero-order valence-corrected chi connectivity index (χ0v) is 22.7. The van der Waals surface area contributed by atoms with Crippen molar-refractivity contribution in [2.24, 2.45) is 28.3 Å².